The van der Waals surface area contributed by atoms with Crippen molar-refractivity contribution in [2.45, 2.75) is 17.4 Å². The van der Waals surface area contributed by atoms with E-state index in [0.29, 0.717) is 56.2 Å². The molecule has 3 rings (SSSR count). The molecule has 3 N–H and O–H groups in total. The first-order valence-electron chi connectivity index (χ1n) is 11.5. The van der Waals surface area contributed by atoms with Crippen molar-refractivity contribution >= 4 is 33.2 Å². The number of halogens is 2. The monoisotopic (exact) mass is 545 g/mol. The summed E-state index contributed by atoms with van der Waals surface area (Å²) in [4.78, 5) is 2.37. The summed E-state index contributed by atoms with van der Waals surface area (Å²) >= 11 is 12.7. The van der Waals surface area contributed by atoms with E-state index in [-0.39, 0.29) is 24.0 Å². The first-order chi connectivity index (χ1) is 16.8. The van der Waals surface area contributed by atoms with Gasteiger partial charge in [0, 0.05) is 42.1 Å². The van der Waals surface area contributed by atoms with Crippen LogP contribution in [0.3, 0.4) is 0 Å². The van der Waals surface area contributed by atoms with Crippen LogP contribution in [0.4, 0.5) is 0 Å². The molecule has 194 valence electrons. The van der Waals surface area contributed by atoms with Crippen LogP contribution in [0.25, 0.3) is 0 Å². The minimum atomic E-state index is -3.69. The fraction of sp³-hybridized carbons (Fsp3) is 0.500. The first kappa shape index (κ1) is 28.3. The van der Waals surface area contributed by atoms with Crippen LogP contribution < -0.4 is 10.5 Å². The zero-order chi connectivity index (χ0) is 25.3. The predicted octanol–water partition coefficient (Wildman–Crippen LogP) is 2.86. The minimum Gasteiger partial charge on any atom is -0.378 e. The number of nitrogens with zero attached hydrogens (tertiary/aromatic N) is 1. The summed E-state index contributed by atoms with van der Waals surface area (Å²) in [6.07, 6.45) is 0. The molecule has 0 saturated carbocycles. The van der Waals surface area contributed by atoms with Crippen LogP contribution in [0.15, 0.2) is 41.3 Å². The highest BCUT2D eigenvalue weighted by Gasteiger charge is 2.28. The number of ether oxygens (including phenoxy) is 3. The summed E-state index contributed by atoms with van der Waals surface area (Å²) < 4.78 is 44.4. The summed E-state index contributed by atoms with van der Waals surface area (Å²) in [5, 5.41) is 1.19. The van der Waals surface area contributed by atoms with Crippen LogP contribution in [0.5, 0.6) is 0 Å². The third kappa shape index (κ3) is 8.38. The molecule has 0 spiro atoms. The van der Waals surface area contributed by atoms with Crippen molar-refractivity contribution in [3.8, 4) is 0 Å². The van der Waals surface area contributed by atoms with Crippen LogP contribution in [-0.4, -0.2) is 79.6 Å². The second-order valence-electron chi connectivity index (χ2n) is 8.30. The minimum absolute atomic E-state index is 0.0425. The van der Waals surface area contributed by atoms with Gasteiger partial charge in [0.2, 0.25) is 10.0 Å². The van der Waals surface area contributed by atoms with Gasteiger partial charge in [0.15, 0.2) is 0 Å². The zero-order valence-electron chi connectivity index (χ0n) is 19.8. The van der Waals surface area contributed by atoms with Crippen molar-refractivity contribution in [3.63, 3.8) is 0 Å². The molecule has 8 nitrogen and oxygen atoms in total. The van der Waals surface area contributed by atoms with Crippen molar-refractivity contribution in [2.75, 3.05) is 66.3 Å². The van der Waals surface area contributed by atoms with E-state index in [0.717, 1.165) is 23.2 Å². The molecule has 0 aliphatic carbocycles. The Morgan fingerprint density at radius 3 is 2.43 bits per heavy atom. The number of sulfonamides is 1. The molecule has 1 atom stereocenters. The van der Waals surface area contributed by atoms with Gasteiger partial charge in [-0.05, 0) is 48.0 Å². The molecule has 1 aliphatic heterocycles. The largest absolute Gasteiger partial charge is 0.378 e. The van der Waals surface area contributed by atoms with E-state index in [1.54, 1.807) is 24.3 Å². The van der Waals surface area contributed by atoms with Crippen molar-refractivity contribution in [1.82, 2.24) is 9.62 Å². The number of benzene rings is 2. The van der Waals surface area contributed by atoms with Crippen LogP contribution in [0, 0.1) is 0 Å². The highest BCUT2D eigenvalue weighted by Crippen LogP contribution is 2.38. The Labute approximate surface area is 217 Å². The Morgan fingerprint density at radius 1 is 1.03 bits per heavy atom. The van der Waals surface area contributed by atoms with Crippen molar-refractivity contribution in [2.24, 2.45) is 5.73 Å². The number of rotatable bonds is 14. The van der Waals surface area contributed by atoms with E-state index >= 15 is 0 Å². The van der Waals surface area contributed by atoms with Gasteiger partial charge in [-0.2, -0.15) is 0 Å². The lowest BCUT2D eigenvalue weighted by molar-refractivity contribution is 0.0171. The van der Waals surface area contributed by atoms with Crippen molar-refractivity contribution < 1.29 is 22.6 Å². The van der Waals surface area contributed by atoms with Gasteiger partial charge in [0.25, 0.3) is 0 Å². The topological polar surface area (TPSA) is 103 Å². The van der Waals surface area contributed by atoms with Gasteiger partial charge in [0.05, 0.1) is 44.5 Å². The molecule has 35 heavy (non-hydrogen) atoms. The second kappa shape index (κ2) is 13.9. The van der Waals surface area contributed by atoms with Crippen LogP contribution in [0.1, 0.15) is 22.6 Å². The molecule has 0 radical (unpaired) electrons. The molecule has 2 aromatic carbocycles. The lowest BCUT2D eigenvalue weighted by Gasteiger charge is -2.33. The molecule has 1 aliphatic rings. The van der Waals surface area contributed by atoms with E-state index in [4.69, 9.17) is 43.1 Å². The van der Waals surface area contributed by atoms with Crippen LogP contribution in [0.2, 0.25) is 10.0 Å². The quantitative estimate of drug-likeness (QED) is 0.352. The van der Waals surface area contributed by atoms with Gasteiger partial charge < -0.3 is 24.8 Å². The highest BCUT2D eigenvalue weighted by molar-refractivity contribution is 7.89. The van der Waals surface area contributed by atoms with Gasteiger partial charge in [-0.15, -0.1) is 0 Å². The fourth-order valence-corrected chi connectivity index (χ4v) is 5.62. The van der Waals surface area contributed by atoms with Gasteiger partial charge in [-0.25, -0.2) is 13.1 Å². The Morgan fingerprint density at radius 2 is 1.71 bits per heavy atom. The molecular formula is C24H33Cl2N3O5S. The maximum absolute atomic E-state index is 12.9. The van der Waals surface area contributed by atoms with Crippen LogP contribution >= 0.6 is 23.2 Å². The normalized spacial score (nSPS) is 16.4. The fourth-order valence-electron chi connectivity index (χ4n) is 3.99. The molecule has 0 bridgehead atoms. The third-order valence-corrected chi connectivity index (χ3v) is 7.62. The Hall–Kier alpha value is -1.27. The standard InChI is InChI=1S/C24H33Cl2N3O5S/c1-29-16-22(21-14-19(25)15-24(26)23(21)17-29)18-3-2-4-20(13-18)35(30,31)28-6-8-33-10-12-34-11-9-32-7-5-27/h2-4,13-15,22,28H,5-12,16-17,27H2,1H3/t22-/m1/s1. The zero-order valence-corrected chi connectivity index (χ0v) is 22.2. The molecule has 0 amide bonds. The summed E-state index contributed by atoms with van der Waals surface area (Å²) in [7, 11) is -1.68. The van der Waals surface area contributed by atoms with Gasteiger partial charge in [0.1, 0.15) is 0 Å². The van der Waals surface area contributed by atoms with Crippen molar-refractivity contribution in [3.05, 3.63) is 63.1 Å². The highest BCUT2D eigenvalue weighted by atomic mass is 35.5. The van der Waals surface area contributed by atoms with Gasteiger partial charge >= 0.3 is 0 Å². The first-order valence-corrected chi connectivity index (χ1v) is 13.7. The predicted molar refractivity (Wildman–Crippen MR) is 138 cm³/mol. The molecular weight excluding hydrogens is 513 g/mol. The molecule has 11 heteroatoms. The summed E-state index contributed by atoms with van der Waals surface area (Å²) in [6, 6.07) is 10.7. The number of likely N-dealkylation sites (N-methyl/N-ethyl adjacent to an activating group) is 1. The molecule has 0 fully saturated rings. The Bertz CT molecular complexity index is 1070. The second-order valence-corrected chi connectivity index (χ2v) is 10.9. The average molecular weight is 547 g/mol. The SMILES string of the molecule is CN1Cc2c(Cl)cc(Cl)cc2[C@@H](c2cccc(S(=O)(=O)NCCOCCOCCOCCN)c2)C1. The number of hydrogen-bond donors (Lipinski definition) is 2. The summed E-state index contributed by atoms with van der Waals surface area (Å²) in [6.45, 7) is 4.57. The van der Waals surface area contributed by atoms with E-state index in [2.05, 4.69) is 9.62 Å². The maximum atomic E-state index is 12.9. The van der Waals surface area contributed by atoms with E-state index in [9.17, 15) is 8.42 Å². The van der Waals surface area contributed by atoms with Crippen molar-refractivity contribution in [1.29, 1.82) is 0 Å². The lowest BCUT2D eigenvalue weighted by Crippen LogP contribution is -2.31. The van der Waals surface area contributed by atoms with Gasteiger partial charge in [-0.1, -0.05) is 35.3 Å². The molecule has 0 unspecified atom stereocenters. The molecule has 2 aromatic rings. The smallest absolute Gasteiger partial charge is 0.240 e. The Balaban J connectivity index is 1.54. The Kier molecular flexibility index (Phi) is 11.2. The number of fused-ring (bicyclic) bond motifs is 1. The maximum Gasteiger partial charge on any atom is 0.240 e. The number of hydrogen-bond acceptors (Lipinski definition) is 7. The number of nitrogens with one attached hydrogen (secondary N) is 1. The van der Waals surface area contributed by atoms with E-state index < -0.39 is 10.0 Å². The van der Waals surface area contributed by atoms with Crippen LogP contribution in [-0.2, 0) is 30.8 Å². The van der Waals surface area contributed by atoms with E-state index in [1.165, 1.54) is 0 Å². The molecule has 0 aromatic heterocycles. The average Bonchev–Trinajstić information content (AvgIpc) is 2.82. The van der Waals surface area contributed by atoms with Gasteiger partial charge in [-0.3, -0.25) is 0 Å². The summed E-state index contributed by atoms with van der Waals surface area (Å²) in [5.41, 5.74) is 8.28. The molecule has 1 heterocycles. The lowest BCUT2D eigenvalue weighted by atomic mass is 9.85. The summed E-state index contributed by atoms with van der Waals surface area (Å²) in [5.74, 6) is -0.0425. The molecule has 0 saturated heterocycles. The number of nitrogens with two attached hydrogens (primary N) is 1. The third-order valence-electron chi connectivity index (χ3n) is 5.61. The van der Waals surface area contributed by atoms with E-state index in [1.807, 2.05) is 19.2 Å².